The van der Waals surface area contributed by atoms with Gasteiger partial charge in [0.15, 0.2) is 0 Å². The number of β-amino-alcohol motifs (C(OH)–C–C–N with tert-alkyl or cyclic N) is 1. The van der Waals surface area contributed by atoms with Gasteiger partial charge in [0, 0.05) is 25.2 Å². The number of likely N-dealkylation sites (tertiary alicyclic amines) is 1. The first kappa shape index (κ1) is 18.6. The van der Waals surface area contributed by atoms with Crippen LogP contribution in [0.2, 0.25) is 0 Å². The predicted octanol–water partition coefficient (Wildman–Crippen LogP) is 1.50. The zero-order valence-corrected chi connectivity index (χ0v) is 15.4. The summed E-state index contributed by atoms with van der Waals surface area (Å²) in [5.41, 5.74) is 1.35. The third-order valence-corrected chi connectivity index (χ3v) is 4.92. The van der Waals surface area contributed by atoms with E-state index in [-0.39, 0.29) is 31.3 Å². The van der Waals surface area contributed by atoms with Crippen LogP contribution in [0.4, 0.5) is 10.6 Å². The van der Waals surface area contributed by atoms with E-state index in [0.717, 1.165) is 50.2 Å². The summed E-state index contributed by atoms with van der Waals surface area (Å²) in [4.78, 5) is 29.3. The van der Waals surface area contributed by atoms with E-state index >= 15 is 0 Å². The van der Waals surface area contributed by atoms with Gasteiger partial charge in [-0.2, -0.15) is 0 Å². The van der Waals surface area contributed by atoms with Gasteiger partial charge in [-0.3, -0.25) is 4.79 Å². The topological polar surface area (TPSA) is 94.6 Å². The van der Waals surface area contributed by atoms with E-state index < -0.39 is 5.60 Å². The van der Waals surface area contributed by atoms with Crippen LogP contribution in [0.15, 0.2) is 12.1 Å². The lowest BCUT2D eigenvalue weighted by Crippen LogP contribution is -2.65. The second-order valence-corrected chi connectivity index (χ2v) is 7.49. The maximum Gasteiger partial charge on any atom is 0.317 e. The molecule has 142 valence electrons. The molecule has 0 unspecified atom stereocenters. The van der Waals surface area contributed by atoms with E-state index in [4.69, 9.17) is 0 Å². The van der Waals surface area contributed by atoms with Gasteiger partial charge in [0.05, 0.1) is 13.1 Å². The molecule has 1 aromatic heterocycles. The molecule has 3 N–H and O–H groups in total. The van der Waals surface area contributed by atoms with Gasteiger partial charge in [-0.05, 0) is 50.7 Å². The highest BCUT2D eigenvalue weighted by Crippen LogP contribution is 2.24. The van der Waals surface area contributed by atoms with Crippen molar-refractivity contribution in [1.29, 1.82) is 0 Å². The minimum Gasteiger partial charge on any atom is -0.386 e. The average Bonchev–Trinajstić information content (AvgIpc) is 2.58. The number of hydrogen-bond donors (Lipinski definition) is 3. The van der Waals surface area contributed by atoms with E-state index in [9.17, 15) is 14.7 Å². The largest absolute Gasteiger partial charge is 0.386 e. The number of aliphatic hydroxyl groups is 1. The molecule has 7 heteroatoms. The number of hydrogen-bond acceptors (Lipinski definition) is 5. The number of urea groups is 1. The smallest absolute Gasteiger partial charge is 0.317 e. The van der Waals surface area contributed by atoms with Crippen molar-refractivity contribution in [2.75, 3.05) is 31.5 Å². The molecular weight excluding hydrogens is 332 g/mol. The van der Waals surface area contributed by atoms with Crippen molar-refractivity contribution < 1.29 is 14.7 Å². The predicted molar refractivity (Wildman–Crippen MR) is 99.2 cm³/mol. The van der Waals surface area contributed by atoms with Crippen LogP contribution in [0.25, 0.3) is 0 Å². The highest BCUT2D eigenvalue weighted by Gasteiger charge is 2.44. The number of carbonyl (C=O) groups is 2. The number of amides is 2. The van der Waals surface area contributed by atoms with Gasteiger partial charge in [-0.15, -0.1) is 0 Å². The van der Waals surface area contributed by atoms with Crippen LogP contribution in [0.3, 0.4) is 0 Å². The SMILES string of the molecule is CC(=O)CC1(O)CN(C(=O)NCCCCc2ccc3c(n2)NCCC3)C1. The van der Waals surface area contributed by atoms with Gasteiger partial charge < -0.3 is 20.6 Å². The van der Waals surface area contributed by atoms with Crippen molar-refractivity contribution in [3.05, 3.63) is 23.4 Å². The first-order chi connectivity index (χ1) is 12.5. The van der Waals surface area contributed by atoms with Crippen molar-refractivity contribution in [2.45, 2.75) is 51.0 Å². The van der Waals surface area contributed by atoms with Crippen LogP contribution in [-0.2, 0) is 17.6 Å². The van der Waals surface area contributed by atoms with Crippen LogP contribution in [0, 0.1) is 0 Å². The van der Waals surface area contributed by atoms with Crippen molar-refractivity contribution in [3.8, 4) is 0 Å². The van der Waals surface area contributed by atoms with Crippen molar-refractivity contribution in [3.63, 3.8) is 0 Å². The summed E-state index contributed by atoms with van der Waals surface area (Å²) in [5, 5.41) is 16.3. The fourth-order valence-electron chi connectivity index (χ4n) is 3.63. The molecule has 7 nitrogen and oxygen atoms in total. The number of fused-ring (bicyclic) bond motifs is 1. The minimum atomic E-state index is -1.03. The Morgan fingerprint density at radius 2 is 2.15 bits per heavy atom. The molecule has 0 atom stereocenters. The number of carbonyl (C=O) groups excluding carboxylic acids is 2. The first-order valence-electron chi connectivity index (χ1n) is 9.42. The number of rotatable bonds is 7. The molecule has 2 amide bonds. The number of unbranched alkanes of at least 4 members (excludes halogenated alkanes) is 1. The number of aryl methyl sites for hydroxylation is 2. The molecule has 26 heavy (non-hydrogen) atoms. The Labute approximate surface area is 154 Å². The molecule has 0 bridgehead atoms. The number of aromatic nitrogens is 1. The molecule has 1 fully saturated rings. The summed E-state index contributed by atoms with van der Waals surface area (Å²) < 4.78 is 0. The average molecular weight is 360 g/mol. The van der Waals surface area contributed by atoms with Crippen LogP contribution >= 0.6 is 0 Å². The van der Waals surface area contributed by atoms with E-state index in [2.05, 4.69) is 27.8 Å². The van der Waals surface area contributed by atoms with E-state index in [0.29, 0.717) is 6.54 Å². The minimum absolute atomic E-state index is 0.0569. The van der Waals surface area contributed by atoms with Gasteiger partial charge in [-0.25, -0.2) is 9.78 Å². The Hall–Kier alpha value is -2.15. The Morgan fingerprint density at radius 3 is 2.92 bits per heavy atom. The monoisotopic (exact) mass is 360 g/mol. The lowest BCUT2D eigenvalue weighted by molar-refractivity contribution is -0.130. The summed E-state index contributed by atoms with van der Waals surface area (Å²) in [7, 11) is 0. The summed E-state index contributed by atoms with van der Waals surface area (Å²) in [5.74, 6) is 0.969. The Bertz CT molecular complexity index is 671. The lowest BCUT2D eigenvalue weighted by Gasteiger charge is -2.45. The second-order valence-electron chi connectivity index (χ2n) is 7.49. The summed E-state index contributed by atoms with van der Waals surface area (Å²) in [6, 6.07) is 4.09. The standard InChI is InChI=1S/C19H28N4O3/c1-14(24)11-19(26)12-23(13-19)18(25)21-9-3-2-6-16-8-7-15-5-4-10-20-17(15)22-16/h7-8,26H,2-6,9-13H2,1H3,(H,20,22)(H,21,25). The normalized spacial score (nSPS) is 17.7. The zero-order valence-electron chi connectivity index (χ0n) is 15.4. The van der Waals surface area contributed by atoms with Crippen LogP contribution in [-0.4, -0.2) is 58.6 Å². The van der Waals surface area contributed by atoms with E-state index in [1.165, 1.54) is 12.5 Å². The maximum absolute atomic E-state index is 12.0. The van der Waals surface area contributed by atoms with Gasteiger partial charge in [0.2, 0.25) is 0 Å². The third kappa shape index (κ3) is 4.72. The number of anilines is 1. The first-order valence-corrected chi connectivity index (χ1v) is 9.42. The highest BCUT2D eigenvalue weighted by molar-refractivity contribution is 5.79. The highest BCUT2D eigenvalue weighted by atomic mass is 16.3. The molecule has 2 aliphatic heterocycles. The molecule has 0 aliphatic carbocycles. The van der Waals surface area contributed by atoms with E-state index in [1.54, 1.807) is 4.90 Å². The van der Waals surface area contributed by atoms with Crippen LogP contribution in [0.1, 0.15) is 43.9 Å². The number of Topliss-reactive ketones (excluding diaryl/α,β-unsaturated/α-hetero) is 1. The number of pyridine rings is 1. The fraction of sp³-hybridized carbons (Fsp3) is 0.632. The van der Waals surface area contributed by atoms with E-state index in [1.807, 2.05) is 0 Å². The summed E-state index contributed by atoms with van der Waals surface area (Å²) in [6.45, 7) is 3.50. The maximum atomic E-state index is 12.0. The number of nitrogens with one attached hydrogen (secondary N) is 2. The van der Waals surface area contributed by atoms with Crippen LogP contribution < -0.4 is 10.6 Å². The molecule has 3 heterocycles. The molecule has 0 radical (unpaired) electrons. The van der Waals surface area contributed by atoms with Crippen molar-refractivity contribution in [2.24, 2.45) is 0 Å². The number of nitrogens with zero attached hydrogens (tertiary/aromatic N) is 2. The molecule has 0 spiro atoms. The summed E-state index contributed by atoms with van der Waals surface area (Å²) >= 11 is 0. The Kier molecular flexibility index (Phi) is 5.76. The van der Waals surface area contributed by atoms with Gasteiger partial charge in [0.25, 0.3) is 0 Å². The number of ketones is 1. The van der Waals surface area contributed by atoms with Crippen molar-refractivity contribution >= 4 is 17.6 Å². The molecular formula is C19H28N4O3. The fourth-order valence-corrected chi connectivity index (χ4v) is 3.63. The molecule has 1 saturated heterocycles. The Morgan fingerprint density at radius 1 is 1.35 bits per heavy atom. The van der Waals surface area contributed by atoms with Gasteiger partial charge in [-0.1, -0.05) is 6.07 Å². The molecule has 0 saturated carbocycles. The van der Waals surface area contributed by atoms with Crippen molar-refractivity contribution in [1.82, 2.24) is 15.2 Å². The second kappa shape index (κ2) is 8.03. The molecule has 0 aromatic carbocycles. The zero-order chi connectivity index (χ0) is 18.6. The molecule has 3 rings (SSSR count). The lowest BCUT2D eigenvalue weighted by atomic mass is 9.89. The van der Waals surface area contributed by atoms with Gasteiger partial charge in [0.1, 0.15) is 17.2 Å². The summed E-state index contributed by atoms with van der Waals surface area (Å²) in [6.07, 6.45) is 5.10. The molecule has 2 aliphatic rings. The van der Waals surface area contributed by atoms with Crippen LogP contribution in [0.5, 0.6) is 0 Å². The van der Waals surface area contributed by atoms with Gasteiger partial charge >= 0.3 is 6.03 Å². The third-order valence-electron chi connectivity index (χ3n) is 4.92. The molecule has 1 aromatic rings. The quantitative estimate of drug-likeness (QED) is 0.641. The Balaban J connectivity index is 1.31.